The number of nitrogens with zero attached hydrogens (tertiary/aromatic N) is 3. The molecule has 5 heteroatoms. The fraction of sp³-hybridized carbons (Fsp3) is 0.929. The largest absolute Gasteiger partial charge is 0.341 e. The maximum absolute atomic E-state index is 12.4. The van der Waals surface area contributed by atoms with Crippen molar-refractivity contribution in [2.24, 2.45) is 5.73 Å². The van der Waals surface area contributed by atoms with Gasteiger partial charge in [0.2, 0.25) is 5.91 Å². The van der Waals surface area contributed by atoms with E-state index in [-0.39, 0.29) is 6.04 Å². The van der Waals surface area contributed by atoms with Crippen molar-refractivity contribution in [3.63, 3.8) is 0 Å². The Labute approximate surface area is 116 Å². The summed E-state index contributed by atoms with van der Waals surface area (Å²) in [5.41, 5.74) is 5.71. The number of carbonyl (C=O) groups is 1. The molecule has 2 unspecified atom stereocenters. The first kappa shape index (κ1) is 14.8. The summed E-state index contributed by atoms with van der Waals surface area (Å²) in [6, 6.07) is 0.486. The van der Waals surface area contributed by atoms with E-state index in [0.717, 1.165) is 39.3 Å². The maximum atomic E-state index is 12.4. The molecule has 0 aromatic rings. The lowest BCUT2D eigenvalue weighted by Gasteiger charge is -2.40. The zero-order valence-electron chi connectivity index (χ0n) is 12.3. The normalized spacial score (nSPS) is 25.5. The molecule has 0 bridgehead atoms. The summed E-state index contributed by atoms with van der Waals surface area (Å²) in [6.45, 7) is 10.8. The Morgan fingerprint density at radius 3 is 2.05 bits per heavy atom. The van der Waals surface area contributed by atoms with Crippen LogP contribution in [0.1, 0.15) is 26.7 Å². The fourth-order valence-electron chi connectivity index (χ4n) is 3.07. The van der Waals surface area contributed by atoms with Crippen LogP contribution in [0.3, 0.4) is 0 Å². The summed E-state index contributed by atoms with van der Waals surface area (Å²) in [5, 5.41) is 0. The van der Waals surface area contributed by atoms with Gasteiger partial charge >= 0.3 is 0 Å². The van der Waals surface area contributed by atoms with Crippen LogP contribution in [0.5, 0.6) is 0 Å². The first-order valence-corrected chi connectivity index (χ1v) is 7.60. The quantitative estimate of drug-likeness (QED) is 0.777. The smallest absolute Gasteiger partial charge is 0.239 e. The van der Waals surface area contributed by atoms with Crippen LogP contribution in [0.4, 0.5) is 0 Å². The van der Waals surface area contributed by atoms with E-state index in [0.29, 0.717) is 18.5 Å². The third-order valence-corrected chi connectivity index (χ3v) is 4.64. The highest BCUT2D eigenvalue weighted by Gasteiger charge is 2.30. The highest BCUT2D eigenvalue weighted by Crippen LogP contribution is 2.14. The lowest BCUT2D eigenvalue weighted by Crippen LogP contribution is -2.56. The summed E-state index contributed by atoms with van der Waals surface area (Å²) < 4.78 is 0. The molecule has 0 saturated carbocycles. The topological polar surface area (TPSA) is 52.8 Å². The molecule has 2 aliphatic heterocycles. The van der Waals surface area contributed by atoms with Crippen molar-refractivity contribution in [3.05, 3.63) is 0 Å². The number of rotatable bonds is 4. The number of piperazine rings is 1. The highest BCUT2D eigenvalue weighted by molar-refractivity contribution is 5.81. The van der Waals surface area contributed by atoms with Gasteiger partial charge in [-0.15, -0.1) is 0 Å². The van der Waals surface area contributed by atoms with Crippen molar-refractivity contribution in [3.8, 4) is 0 Å². The Bertz CT molecular complexity index is 296. The minimum Gasteiger partial charge on any atom is -0.341 e. The van der Waals surface area contributed by atoms with Gasteiger partial charge in [-0.1, -0.05) is 0 Å². The van der Waals surface area contributed by atoms with E-state index in [9.17, 15) is 4.79 Å². The van der Waals surface area contributed by atoms with Gasteiger partial charge in [0.1, 0.15) is 0 Å². The second-order valence-corrected chi connectivity index (χ2v) is 5.87. The molecule has 2 rings (SSSR count). The average Bonchev–Trinajstić information content (AvgIpc) is 2.99. The van der Waals surface area contributed by atoms with Gasteiger partial charge in [-0.3, -0.25) is 14.6 Å². The standard InChI is InChI=1S/C14H28N4O/c1-12(11-15)16-7-9-17(10-8-16)13(2)14(19)18-5-3-4-6-18/h12-13H,3-11,15H2,1-2H3. The van der Waals surface area contributed by atoms with Gasteiger partial charge in [0.25, 0.3) is 0 Å². The first-order valence-electron chi connectivity index (χ1n) is 7.60. The Morgan fingerprint density at radius 1 is 1.00 bits per heavy atom. The molecule has 110 valence electrons. The molecule has 1 amide bonds. The van der Waals surface area contributed by atoms with Crippen LogP contribution in [0.25, 0.3) is 0 Å². The molecule has 0 radical (unpaired) electrons. The molecule has 0 aliphatic carbocycles. The van der Waals surface area contributed by atoms with E-state index in [2.05, 4.69) is 23.6 Å². The molecular formula is C14H28N4O. The zero-order chi connectivity index (χ0) is 13.8. The van der Waals surface area contributed by atoms with E-state index in [1.807, 2.05) is 4.90 Å². The summed E-state index contributed by atoms with van der Waals surface area (Å²) in [5.74, 6) is 0.317. The van der Waals surface area contributed by atoms with Crippen molar-refractivity contribution in [2.45, 2.75) is 38.8 Å². The van der Waals surface area contributed by atoms with E-state index in [1.165, 1.54) is 12.8 Å². The summed E-state index contributed by atoms with van der Waals surface area (Å²) in [4.78, 5) is 19.1. The molecular weight excluding hydrogens is 240 g/mol. The second-order valence-electron chi connectivity index (χ2n) is 5.87. The molecule has 2 N–H and O–H groups in total. The molecule has 2 saturated heterocycles. The third-order valence-electron chi connectivity index (χ3n) is 4.64. The van der Waals surface area contributed by atoms with Gasteiger partial charge in [-0.05, 0) is 26.7 Å². The van der Waals surface area contributed by atoms with Crippen molar-refractivity contribution >= 4 is 5.91 Å². The lowest BCUT2D eigenvalue weighted by molar-refractivity contribution is -0.136. The Hall–Kier alpha value is -0.650. The van der Waals surface area contributed by atoms with E-state index in [1.54, 1.807) is 0 Å². The van der Waals surface area contributed by atoms with Gasteiger partial charge in [-0.2, -0.15) is 0 Å². The molecule has 2 aliphatic rings. The van der Waals surface area contributed by atoms with Crippen LogP contribution < -0.4 is 5.73 Å². The number of amides is 1. The third kappa shape index (κ3) is 3.46. The first-order chi connectivity index (χ1) is 9.13. The summed E-state index contributed by atoms with van der Waals surface area (Å²) >= 11 is 0. The zero-order valence-corrected chi connectivity index (χ0v) is 12.3. The van der Waals surface area contributed by atoms with Crippen LogP contribution in [0, 0.1) is 0 Å². The summed E-state index contributed by atoms with van der Waals surface area (Å²) in [7, 11) is 0. The molecule has 19 heavy (non-hydrogen) atoms. The Kier molecular flexibility index (Phi) is 5.19. The molecule has 0 spiro atoms. The molecule has 0 aromatic carbocycles. The Balaban J connectivity index is 1.81. The number of hydrogen-bond donors (Lipinski definition) is 1. The van der Waals surface area contributed by atoms with Crippen molar-refractivity contribution in [2.75, 3.05) is 45.8 Å². The van der Waals surface area contributed by atoms with Crippen molar-refractivity contribution in [1.29, 1.82) is 0 Å². The van der Waals surface area contributed by atoms with Crippen LogP contribution in [-0.4, -0.2) is 78.5 Å². The number of hydrogen-bond acceptors (Lipinski definition) is 4. The van der Waals surface area contributed by atoms with Gasteiger partial charge in [0.15, 0.2) is 0 Å². The molecule has 2 heterocycles. The summed E-state index contributed by atoms with van der Waals surface area (Å²) in [6.07, 6.45) is 2.33. The maximum Gasteiger partial charge on any atom is 0.239 e. The molecule has 2 atom stereocenters. The van der Waals surface area contributed by atoms with Crippen molar-refractivity contribution < 1.29 is 4.79 Å². The van der Waals surface area contributed by atoms with Gasteiger partial charge < -0.3 is 10.6 Å². The fourth-order valence-corrected chi connectivity index (χ4v) is 3.07. The molecule has 2 fully saturated rings. The van der Waals surface area contributed by atoms with Gasteiger partial charge in [0.05, 0.1) is 6.04 Å². The predicted molar refractivity (Wildman–Crippen MR) is 76.9 cm³/mol. The van der Waals surface area contributed by atoms with Crippen molar-refractivity contribution in [1.82, 2.24) is 14.7 Å². The highest BCUT2D eigenvalue weighted by atomic mass is 16.2. The Morgan fingerprint density at radius 2 is 1.53 bits per heavy atom. The number of likely N-dealkylation sites (tertiary alicyclic amines) is 1. The van der Waals surface area contributed by atoms with E-state index < -0.39 is 0 Å². The van der Waals surface area contributed by atoms with E-state index in [4.69, 9.17) is 5.73 Å². The minimum atomic E-state index is 0.0356. The monoisotopic (exact) mass is 268 g/mol. The van der Waals surface area contributed by atoms with Crippen LogP contribution in [0.15, 0.2) is 0 Å². The minimum absolute atomic E-state index is 0.0356. The van der Waals surface area contributed by atoms with Crippen LogP contribution in [0.2, 0.25) is 0 Å². The van der Waals surface area contributed by atoms with Crippen LogP contribution >= 0.6 is 0 Å². The lowest BCUT2D eigenvalue weighted by atomic mass is 10.1. The predicted octanol–water partition coefficient (Wildman–Crippen LogP) is -0.0379. The second kappa shape index (κ2) is 6.68. The average molecular weight is 268 g/mol. The number of nitrogens with two attached hydrogens (primary N) is 1. The number of carbonyl (C=O) groups excluding carboxylic acids is 1. The van der Waals surface area contributed by atoms with Gasteiger partial charge in [-0.25, -0.2) is 0 Å². The molecule has 0 aromatic heterocycles. The van der Waals surface area contributed by atoms with Crippen LogP contribution in [-0.2, 0) is 4.79 Å². The van der Waals surface area contributed by atoms with E-state index >= 15 is 0 Å². The molecule has 5 nitrogen and oxygen atoms in total. The SMILES string of the molecule is CC(CN)N1CCN(C(C)C(=O)N2CCCC2)CC1. The van der Waals surface area contributed by atoms with Gasteiger partial charge in [0, 0.05) is 51.9 Å².